The van der Waals surface area contributed by atoms with Crippen LogP contribution in [0.15, 0.2) is 42.5 Å². The van der Waals surface area contributed by atoms with Crippen molar-refractivity contribution in [3.05, 3.63) is 48.0 Å². The number of ether oxygens (including phenoxy) is 3. The molecule has 1 amide bonds. The average molecular weight is 515 g/mol. The van der Waals surface area contributed by atoms with E-state index in [9.17, 15) is 13.2 Å². The van der Waals surface area contributed by atoms with Gasteiger partial charge < -0.3 is 19.5 Å². The molecule has 0 saturated heterocycles. The number of benzene rings is 2. The van der Waals surface area contributed by atoms with Gasteiger partial charge in [-0.2, -0.15) is 0 Å². The first-order chi connectivity index (χ1) is 17.3. The molecule has 0 aromatic heterocycles. The van der Waals surface area contributed by atoms with Crippen LogP contribution in [-0.2, 0) is 14.8 Å². The molecule has 2 aliphatic heterocycles. The summed E-state index contributed by atoms with van der Waals surface area (Å²) in [5.74, 6) is 1.90. The third-order valence-corrected chi connectivity index (χ3v) is 8.47. The van der Waals surface area contributed by atoms with Crippen molar-refractivity contribution in [2.75, 3.05) is 30.3 Å². The van der Waals surface area contributed by atoms with Crippen molar-refractivity contribution in [3.8, 4) is 17.2 Å². The molecule has 8 nitrogen and oxygen atoms in total. The van der Waals surface area contributed by atoms with E-state index in [1.54, 1.807) is 18.2 Å². The van der Waals surface area contributed by atoms with Crippen molar-refractivity contribution in [1.29, 1.82) is 0 Å². The van der Waals surface area contributed by atoms with Crippen molar-refractivity contribution < 1.29 is 27.4 Å². The summed E-state index contributed by atoms with van der Waals surface area (Å²) in [6, 6.07) is 12.9. The highest BCUT2D eigenvalue weighted by molar-refractivity contribution is 7.92. The van der Waals surface area contributed by atoms with Gasteiger partial charge >= 0.3 is 0 Å². The molecule has 0 bridgehead atoms. The summed E-state index contributed by atoms with van der Waals surface area (Å²) in [6.07, 6.45) is 8.08. The van der Waals surface area contributed by atoms with E-state index >= 15 is 0 Å². The summed E-state index contributed by atoms with van der Waals surface area (Å²) < 4.78 is 44.0. The van der Waals surface area contributed by atoms with Gasteiger partial charge in [0.15, 0.2) is 11.5 Å². The number of fused-ring (bicyclic) bond motifs is 2. The van der Waals surface area contributed by atoms with Crippen molar-refractivity contribution in [2.24, 2.45) is 0 Å². The van der Waals surface area contributed by atoms with Crippen LogP contribution in [0.4, 0.5) is 5.69 Å². The number of nitrogens with zero attached hydrogens (tertiary/aromatic N) is 1. The molecule has 1 fully saturated rings. The maximum Gasteiger partial charge on any atom is 0.232 e. The Morgan fingerprint density at radius 3 is 2.56 bits per heavy atom. The van der Waals surface area contributed by atoms with Crippen LogP contribution < -0.4 is 23.8 Å². The molecule has 1 N–H and O–H groups in total. The summed E-state index contributed by atoms with van der Waals surface area (Å²) in [7, 11) is -3.54. The van der Waals surface area contributed by atoms with Crippen LogP contribution in [0.1, 0.15) is 63.0 Å². The fourth-order valence-electron chi connectivity index (χ4n) is 5.57. The van der Waals surface area contributed by atoms with Crippen LogP contribution in [0, 0.1) is 0 Å². The molecule has 194 valence electrons. The largest absolute Gasteiger partial charge is 0.487 e. The van der Waals surface area contributed by atoms with E-state index in [0.29, 0.717) is 36.8 Å². The van der Waals surface area contributed by atoms with Gasteiger partial charge in [-0.15, -0.1) is 0 Å². The lowest BCUT2D eigenvalue weighted by Gasteiger charge is -2.44. The summed E-state index contributed by atoms with van der Waals surface area (Å²) in [5.41, 5.74) is 1.30. The molecule has 2 aromatic rings. The van der Waals surface area contributed by atoms with Crippen molar-refractivity contribution in [2.45, 2.75) is 63.0 Å². The molecule has 36 heavy (non-hydrogen) atoms. The molecule has 1 aliphatic carbocycles. The average Bonchev–Trinajstić information content (AvgIpc) is 2.86. The zero-order valence-corrected chi connectivity index (χ0v) is 21.5. The third-order valence-electron chi connectivity index (χ3n) is 7.28. The summed E-state index contributed by atoms with van der Waals surface area (Å²) in [5, 5.41) is 3.22. The second kappa shape index (κ2) is 10.2. The van der Waals surface area contributed by atoms with Gasteiger partial charge in [0.25, 0.3) is 0 Å². The fraction of sp³-hybridized carbons (Fsp3) is 0.519. The van der Waals surface area contributed by atoms with E-state index in [2.05, 4.69) is 5.32 Å². The van der Waals surface area contributed by atoms with Crippen molar-refractivity contribution >= 4 is 21.6 Å². The molecule has 0 unspecified atom stereocenters. The number of anilines is 1. The lowest BCUT2D eigenvalue weighted by molar-refractivity contribution is -0.122. The van der Waals surface area contributed by atoms with Crippen LogP contribution in [-0.4, -0.2) is 45.9 Å². The third kappa shape index (κ3) is 5.40. The molecular formula is C27H34N2O6S. The standard InChI is InChI=1S/C27H34N2O6S/c1-36(31,32)29(20-11-12-24-25(18-20)34-17-16-33-24)15-7-10-26(30)28-22-19-27(13-5-2-6-14-27)35-23-9-4-3-8-21(22)23/h3-4,8-9,11-12,18,22H,2,5-7,10,13-17,19H2,1H3,(H,28,30)/t22-/m1/s1. The van der Waals surface area contributed by atoms with Gasteiger partial charge in [-0.25, -0.2) is 8.42 Å². The normalized spacial score (nSPS) is 20.2. The number of hydrogen-bond acceptors (Lipinski definition) is 6. The van der Waals surface area contributed by atoms with E-state index < -0.39 is 10.0 Å². The molecular weight excluding hydrogens is 480 g/mol. The smallest absolute Gasteiger partial charge is 0.232 e. The number of carbonyl (C=O) groups excluding carboxylic acids is 1. The minimum absolute atomic E-state index is 0.0849. The minimum atomic E-state index is -3.54. The Morgan fingerprint density at radius 2 is 1.78 bits per heavy atom. The number of nitrogens with one attached hydrogen (secondary N) is 1. The highest BCUT2D eigenvalue weighted by Gasteiger charge is 2.42. The first-order valence-electron chi connectivity index (χ1n) is 12.8. The van der Waals surface area contributed by atoms with Crippen LogP contribution in [0.3, 0.4) is 0 Å². The lowest BCUT2D eigenvalue weighted by atomic mass is 9.77. The predicted octanol–water partition coefficient (Wildman–Crippen LogP) is 4.35. The Kier molecular flexibility index (Phi) is 7.01. The molecule has 1 atom stereocenters. The van der Waals surface area contributed by atoms with Gasteiger partial charge in [0.05, 0.1) is 18.0 Å². The van der Waals surface area contributed by atoms with E-state index in [1.807, 2.05) is 24.3 Å². The number of hydrogen-bond donors (Lipinski definition) is 1. The first-order valence-corrected chi connectivity index (χ1v) is 14.6. The van der Waals surface area contributed by atoms with Gasteiger partial charge in [0.1, 0.15) is 24.6 Å². The molecule has 2 heterocycles. The fourth-order valence-corrected chi connectivity index (χ4v) is 6.53. The summed E-state index contributed by atoms with van der Waals surface area (Å²) >= 11 is 0. The molecule has 9 heteroatoms. The maximum absolute atomic E-state index is 13.0. The molecule has 1 saturated carbocycles. The summed E-state index contributed by atoms with van der Waals surface area (Å²) in [6.45, 7) is 1.09. The first kappa shape index (κ1) is 24.7. The van der Waals surface area contributed by atoms with Crippen LogP contribution in [0.25, 0.3) is 0 Å². The van der Waals surface area contributed by atoms with Crippen LogP contribution in [0.2, 0.25) is 0 Å². The molecule has 5 rings (SSSR count). The zero-order valence-electron chi connectivity index (χ0n) is 20.7. The molecule has 2 aromatic carbocycles. The van der Waals surface area contributed by atoms with Gasteiger partial charge in [0, 0.05) is 31.0 Å². The van der Waals surface area contributed by atoms with E-state index in [0.717, 1.165) is 43.4 Å². The maximum atomic E-state index is 13.0. The Morgan fingerprint density at radius 1 is 1.03 bits per heavy atom. The zero-order chi connectivity index (χ0) is 25.2. The monoisotopic (exact) mass is 514 g/mol. The topological polar surface area (TPSA) is 94.2 Å². The Hall–Kier alpha value is -2.94. The van der Waals surface area contributed by atoms with Gasteiger partial charge in [-0.05, 0) is 50.3 Å². The highest BCUT2D eigenvalue weighted by Crippen LogP contribution is 2.46. The quantitative estimate of drug-likeness (QED) is 0.591. The Balaban J connectivity index is 1.23. The number of rotatable bonds is 7. The number of para-hydroxylation sites is 1. The SMILES string of the molecule is CS(=O)(=O)N(CCCC(=O)N[C@@H]1CC2(CCCCC2)Oc2ccccc21)c1ccc2c(c1)OCCO2. The Labute approximate surface area is 213 Å². The molecule has 3 aliphatic rings. The lowest BCUT2D eigenvalue weighted by Crippen LogP contribution is -2.46. The highest BCUT2D eigenvalue weighted by atomic mass is 32.2. The van der Waals surface area contributed by atoms with Gasteiger partial charge in [-0.3, -0.25) is 9.10 Å². The van der Waals surface area contributed by atoms with E-state index in [-0.39, 0.29) is 30.5 Å². The van der Waals surface area contributed by atoms with Gasteiger partial charge in [-0.1, -0.05) is 24.6 Å². The van der Waals surface area contributed by atoms with Gasteiger partial charge in [0.2, 0.25) is 15.9 Å². The second-order valence-corrected chi connectivity index (χ2v) is 11.9. The minimum Gasteiger partial charge on any atom is -0.487 e. The number of carbonyl (C=O) groups is 1. The number of amides is 1. The van der Waals surface area contributed by atoms with Crippen molar-refractivity contribution in [1.82, 2.24) is 5.32 Å². The second-order valence-electron chi connectivity index (χ2n) is 9.97. The number of sulfonamides is 1. The molecule has 1 spiro atoms. The van der Waals surface area contributed by atoms with Crippen LogP contribution in [0.5, 0.6) is 17.2 Å². The predicted molar refractivity (Wildman–Crippen MR) is 137 cm³/mol. The Bertz CT molecular complexity index is 1210. The van der Waals surface area contributed by atoms with E-state index in [1.165, 1.54) is 17.0 Å². The van der Waals surface area contributed by atoms with E-state index in [4.69, 9.17) is 14.2 Å². The van der Waals surface area contributed by atoms with Crippen molar-refractivity contribution in [3.63, 3.8) is 0 Å². The van der Waals surface area contributed by atoms with Crippen LogP contribution >= 0.6 is 0 Å². The summed E-state index contributed by atoms with van der Waals surface area (Å²) in [4.78, 5) is 13.0. The molecule has 0 radical (unpaired) electrons.